The van der Waals surface area contributed by atoms with Gasteiger partial charge in [-0.1, -0.05) is 48.5 Å². The quantitative estimate of drug-likeness (QED) is 0.635. The second-order valence-electron chi connectivity index (χ2n) is 5.38. The van der Waals surface area contributed by atoms with Crippen molar-refractivity contribution in [3.8, 4) is 11.1 Å². The highest BCUT2D eigenvalue weighted by Gasteiger charge is 2.08. The maximum atomic E-state index is 12.4. The minimum atomic E-state index is -0.117. The summed E-state index contributed by atoms with van der Waals surface area (Å²) in [5.41, 5.74) is 4.78. The largest absolute Gasteiger partial charge is 0.321 e. The van der Waals surface area contributed by atoms with E-state index in [2.05, 4.69) is 33.4 Å². The number of rotatable bonds is 3. The summed E-state index contributed by atoms with van der Waals surface area (Å²) in [6.07, 6.45) is 0. The Bertz CT molecular complexity index is 826. The van der Waals surface area contributed by atoms with Gasteiger partial charge in [0, 0.05) is 10.0 Å². The van der Waals surface area contributed by atoms with E-state index in [1.807, 2.05) is 67.6 Å². The number of anilines is 1. The van der Waals surface area contributed by atoms with Gasteiger partial charge >= 0.3 is 0 Å². The third-order valence-corrected chi connectivity index (χ3v) is 4.28. The Kier molecular flexibility index (Phi) is 4.58. The van der Waals surface area contributed by atoms with Crippen LogP contribution in [0.4, 0.5) is 5.69 Å². The van der Waals surface area contributed by atoms with E-state index < -0.39 is 0 Å². The normalized spacial score (nSPS) is 10.3. The number of hydrogen-bond donors (Lipinski definition) is 1. The van der Waals surface area contributed by atoms with Crippen LogP contribution in [0.3, 0.4) is 0 Å². The Labute approximate surface area is 144 Å². The van der Waals surface area contributed by atoms with Crippen LogP contribution < -0.4 is 5.32 Å². The fourth-order valence-electron chi connectivity index (χ4n) is 2.36. The average Bonchev–Trinajstić information content (AvgIpc) is 2.58. The molecule has 0 aromatic heterocycles. The van der Waals surface area contributed by atoms with Gasteiger partial charge in [0.25, 0.3) is 5.91 Å². The minimum Gasteiger partial charge on any atom is -0.321 e. The van der Waals surface area contributed by atoms with Crippen molar-refractivity contribution in [1.29, 1.82) is 0 Å². The van der Waals surface area contributed by atoms with Crippen molar-refractivity contribution >= 4 is 27.5 Å². The molecule has 0 atom stereocenters. The number of halogens is 1. The first-order valence-electron chi connectivity index (χ1n) is 7.36. The molecule has 0 spiro atoms. The van der Waals surface area contributed by atoms with Crippen LogP contribution in [0.25, 0.3) is 11.1 Å². The molecule has 1 amide bonds. The monoisotopic (exact) mass is 365 g/mol. The number of carbonyl (C=O) groups excluding carboxylic acids is 1. The lowest BCUT2D eigenvalue weighted by atomic mass is 10.0. The summed E-state index contributed by atoms with van der Waals surface area (Å²) in [6.45, 7) is 2.01. The van der Waals surface area contributed by atoms with E-state index in [-0.39, 0.29) is 5.91 Å². The Morgan fingerprint density at radius 2 is 1.52 bits per heavy atom. The standard InChI is InChI=1S/C20H16BrNO/c1-14-7-12-19(18(21)13-14)22-20(23)17-10-8-16(9-11-17)15-5-3-2-4-6-15/h2-13H,1H3,(H,22,23). The molecule has 23 heavy (non-hydrogen) atoms. The molecule has 0 heterocycles. The first kappa shape index (κ1) is 15.5. The molecule has 2 nitrogen and oxygen atoms in total. The lowest BCUT2D eigenvalue weighted by Gasteiger charge is -2.09. The van der Waals surface area contributed by atoms with Gasteiger partial charge in [-0.05, 0) is 63.8 Å². The molecular formula is C20H16BrNO. The van der Waals surface area contributed by atoms with E-state index in [1.54, 1.807) is 0 Å². The van der Waals surface area contributed by atoms with Gasteiger partial charge in [0.2, 0.25) is 0 Å². The maximum absolute atomic E-state index is 12.4. The fraction of sp³-hybridized carbons (Fsp3) is 0.0500. The molecule has 0 bridgehead atoms. The summed E-state index contributed by atoms with van der Waals surface area (Å²) in [5.74, 6) is -0.117. The van der Waals surface area contributed by atoms with E-state index in [9.17, 15) is 4.79 Å². The summed E-state index contributed by atoms with van der Waals surface area (Å²) in [6, 6.07) is 23.6. The summed E-state index contributed by atoms with van der Waals surface area (Å²) in [4.78, 5) is 12.4. The van der Waals surface area contributed by atoms with Gasteiger partial charge in [0.15, 0.2) is 0 Å². The highest BCUT2D eigenvalue weighted by Crippen LogP contribution is 2.24. The molecule has 0 aliphatic heterocycles. The van der Waals surface area contributed by atoms with Crippen molar-refractivity contribution in [2.45, 2.75) is 6.92 Å². The zero-order chi connectivity index (χ0) is 16.2. The second-order valence-corrected chi connectivity index (χ2v) is 6.24. The van der Waals surface area contributed by atoms with E-state index in [0.717, 1.165) is 26.9 Å². The summed E-state index contributed by atoms with van der Waals surface area (Å²) in [5, 5.41) is 2.93. The highest BCUT2D eigenvalue weighted by atomic mass is 79.9. The predicted molar refractivity (Wildman–Crippen MR) is 98.7 cm³/mol. The summed E-state index contributed by atoms with van der Waals surface area (Å²) in [7, 11) is 0. The third kappa shape index (κ3) is 3.69. The van der Waals surface area contributed by atoms with Crippen molar-refractivity contribution < 1.29 is 4.79 Å². The SMILES string of the molecule is Cc1ccc(NC(=O)c2ccc(-c3ccccc3)cc2)c(Br)c1. The van der Waals surface area contributed by atoms with Crippen LogP contribution in [0, 0.1) is 6.92 Å². The van der Waals surface area contributed by atoms with Crippen LogP contribution in [0.1, 0.15) is 15.9 Å². The van der Waals surface area contributed by atoms with E-state index >= 15 is 0 Å². The van der Waals surface area contributed by atoms with Crippen molar-refractivity contribution in [2.24, 2.45) is 0 Å². The van der Waals surface area contributed by atoms with E-state index in [0.29, 0.717) is 5.56 Å². The molecule has 0 saturated carbocycles. The topological polar surface area (TPSA) is 29.1 Å². The van der Waals surface area contributed by atoms with Crippen molar-refractivity contribution in [3.63, 3.8) is 0 Å². The molecule has 0 aliphatic rings. The maximum Gasteiger partial charge on any atom is 0.255 e. The van der Waals surface area contributed by atoms with Crippen LogP contribution in [-0.4, -0.2) is 5.91 Å². The Morgan fingerprint density at radius 1 is 0.870 bits per heavy atom. The molecule has 114 valence electrons. The number of nitrogens with one attached hydrogen (secondary N) is 1. The molecule has 0 fully saturated rings. The lowest BCUT2D eigenvalue weighted by molar-refractivity contribution is 0.102. The molecule has 0 radical (unpaired) electrons. The number of benzene rings is 3. The van der Waals surface area contributed by atoms with Crippen LogP contribution in [0.5, 0.6) is 0 Å². The van der Waals surface area contributed by atoms with Gasteiger partial charge in [-0.25, -0.2) is 0 Å². The van der Waals surface area contributed by atoms with Gasteiger partial charge < -0.3 is 5.32 Å². The Balaban J connectivity index is 1.78. The highest BCUT2D eigenvalue weighted by molar-refractivity contribution is 9.10. The van der Waals surface area contributed by atoms with Crippen LogP contribution in [-0.2, 0) is 0 Å². The first-order chi connectivity index (χ1) is 11.1. The fourth-order valence-corrected chi connectivity index (χ4v) is 2.95. The third-order valence-electron chi connectivity index (χ3n) is 3.63. The molecule has 1 N–H and O–H groups in total. The smallest absolute Gasteiger partial charge is 0.255 e. The molecule has 3 heteroatoms. The molecule has 0 unspecified atom stereocenters. The molecule has 3 aromatic rings. The van der Waals surface area contributed by atoms with Crippen molar-refractivity contribution in [2.75, 3.05) is 5.32 Å². The van der Waals surface area contributed by atoms with Crippen LogP contribution in [0.2, 0.25) is 0 Å². The number of carbonyl (C=O) groups is 1. The predicted octanol–water partition coefficient (Wildman–Crippen LogP) is 5.68. The average molecular weight is 366 g/mol. The lowest BCUT2D eigenvalue weighted by Crippen LogP contribution is -2.12. The summed E-state index contributed by atoms with van der Waals surface area (Å²) < 4.78 is 0.881. The molecule has 3 aromatic carbocycles. The van der Waals surface area contributed by atoms with Gasteiger partial charge in [0.05, 0.1) is 5.69 Å². The molecule has 3 rings (SSSR count). The number of aryl methyl sites for hydroxylation is 1. The first-order valence-corrected chi connectivity index (χ1v) is 8.16. The van der Waals surface area contributed by atoms with Crippen LogP contribution >= 0.6 is 15.9 Å². The number of hydrogen-bond acceptors (Lipinski definition) is 1. The minimum absolute atomic E-state index is 0.117. The summed E-state index contributed by atoms with van der Waals surface area (Å²) >= 11 is 3.48. The van der Waals surface area contributed by atoms with Gasteiger partial charge in [0.1, 0.15) is 0 Å². The van der Waals surface area contributed by atoms with Crippen LogP contribution in [0.15, 0.2) is 77.3 Å². The van der Waals surface area contributed by atoms with Gasteiger partial charge in [-0.2, -0.15) is 0 Å². The Hall–Kier alpha value is -2.39. The molecule has 0 aliphatic carbocycles. The number of amides is 1. The van der Waals surface area contributed by atoms with Gasteiger partial charge in [-0.3, -0.25) is 4.79 Å². The van der Waals surface area contributed by atoms with Crippen molar-refractivity contribution in [3.05, 3.63) is 88.4 Å². The molecule has 0 saturated heterocycles. The Morgan fingerprint density at radius 3 is 2.17 bits per heavy atom. The van der Waals surface area contributed by atoms with E-state index in [4.69, 9.17) is 0 Å². The van der Waals surface area contributed by atoms with Gasteiger partial charge in [-0.15, -0.1) is 0 Å². The molecular weight excluding hydrogens is 350 g/mol. The second kappa shape index (κ2) is 6.80. The van der Waals surface area contributed by atoms with E-state index in [1.165, 1.54) is 0 Å². The zero-order valence-corrected chi connectivity index (χ0v) is 14.3. The zero-order valence-electron chi connectivity index (χ0n) is 12.7. The van der Waals surface area contributed by atoms with Crippen molar-refractivity contribution in [1.82, 2.24) is 0 Å².